The van der Waals surface area contributed by atoms with E-state index in [2.05, 4.69) is 27.4 Å². The highest BCUT2D eigenvalue weighted by atomic mass is 32.1. The second-order valence-corrected chi connectivity index (χ2v) is 6.63. The van der Waals surface area contributed by atoms with E-state index >= 15 is 0 Å². The summed E-state index contributed by atoms with van der Waals surface area (Å²) in [6, 6.07) is 0. The minimum Gasteiger partial charge on any atom is -0.508 e. The number of aliphatic hydroxyl groups is 1. The molecule has 0 amide bonds. The first kappa shape index (κ1) is 11.7. The van der Waals surface area contributed by atoms with Crippen LogP contribution in [-0.2, 0) is 19.3 Å². The Labute approximate surface area is 102 Å². The largest absolute Gasteiger partial charge is 0.508 e. The Morgan fingerprint density at radius 3 is 2.75 bits per heavy atom. The summed E-state index contributed by atoms with van der Waals surface area (Å²) in [5.74, 6) is 0.257. The predicted octanol–water partition coefficient (Wildman–Crippen LogP) is 4.35. The van der Waals surface area contributed by atoms with Crippen LogP contribution in [0.2, 0.25) is 0 Å². The van der Waals surface area contributed by atoms with Gasteiger partial charge in [0.2, 0.25) is 0 Å². The van der Waals surface area contributed by atoms with Crippen molar-refractivity contribution in [1.82, 2.24) is 0 Å². The highest BCUT2D eigenvalue weighted by Crippen LogP contribution is 2.43. The third-order valence-electron chi connectivity index (χ3n) is 3.46. The molecule has 16 heavy (non-hydrogen) atoms. The van der Waals surface area contributed by atoms with E-state index in [-0.39, 0.29) is 5.76 Å². The lowest BCUT2D eigenvalue weighted by Gasteiger charge is -2.30. The van der Waals surface area contributed by atoms with Crippen LogP contribution in [0.3, 0.4) is 0 Å². The summed E-state index contributed by atoms with van der Waals surface area (Å²) in [6.45, 7) is 10.5. The van der Waals surface area contributed by atoms with Gasteiger partial charge in [-0.1, -0.05) is 27.4 Å². The first-order valence-corrected chi connectivity index (χ1v) is 6.78. The van der Waals surface area contributed by atoms with Crippen molar-refractivity contribution in [3.8, 4) is 0 Å². The summed E-state index contributed by atoms with van der Waals surface area (Å²) in [7, 11) is 0. The molecule has 1 aliphatic rings. The predicted molar refractivity (Wildman–Crippen MR) is 71.2 cm³/mol. The first-order chi connectivity index (χ1) is 7.44. The number of fused-ring (bicyclic) bond motifs is 1. The third-order valence-corrected chi connectivity index (χ3v) is 4.89. The van der Waals surface area contributed by atoms with Crippen molar-refractivity contribution < 1.29 is 5.11 Å². The standard InChI is InChI=1S/C14H20OS/c1-5-11-13(9(2)15)10-8-14(3,4)7-6-12(10)16-11/h15H,2,5-8H2,1,3-4H3. The van der Waals surface area contributed by atoms with Crippen molar-refractivity contribution in [3.63, 3.8) is 0 Å². The van der Waals surface area contributed by atoms with E-state index in [1.807, 2.05) is 11.3 Å². The van der Waals surface area contributed by atoms with Crippen LogP contribution in [0.15, 0.2) is 6.58 Å². The molecule has 1 N–H and O–H groups in total. The van der Waals surface area contributed by atoms with Crippen molar-refractivity contribution in [2.75, 3.05) is 0 Å². The van der Waals surface area contributed by atoms with Crippen LogP contribution in [0, 0.1) is 5.41 Å². The number of hydrogen-bond acceptors (Lipinski definition) is 2. The summed E-state index contributed by atoms with van der Waals surface area (Å²) in [6.07, 6.45) is 4.48. The van der Waals surface area contributed by atoms with Gasteiger partial charge < -0.3 is 5.11 Å². The Morgan fingerprint density at radius 1 is 1.50 bits per heavy atom. The van der Waals surface area contributed by atoms with Crippen LogP contribution in [0.25, 0.3) is 5.76 Å². The molecule has 1 aromatic heterocycles. The number of thiophene rings is 1. The van der Waals surface area contributed by atoms with Crippen LogP contribution in [0.1, 0.15) is 48.1 Å². The number of aryl methyl sites for hydroxylation is 2. The van der Waals surface area contributed by atoms with Gasteiger partial charge in [-0.25, -0.2) is 0 Å². The van der Waals surface area contributed by atoms with Crippen LogP contribution in [0.5, 0.6) is 0 Å². The van der Waals surface area contributed by atoms with Gasteiger partial charge in [0.15, 0.2) is 0 Å². The van der Waals surface area contributed by atoms with Crippen molar-refractivity contribution in [2.45, 2.75) is 46.5 Å². The maximum absolute atomic E-state index is 9.76. The molecule has 0 spiro atoms. The van der Waals surface area contributed by atoms with Crippen molar-refractivity contribution in [2.24, 2.45) is 5.41 Å². The molecule has 0 radical (unpaired) electrons. The van der Waals surface area contributed by atoms with Gasteiger partial charge in [0.05, 0.1) is 0 Å². The van der Waals surface area contributed by atoms with Crippen molar-refractivity contribution in [3.05, 3.63) is 27.5 Å². The molecule has 1 aromatic rings. The Kier molecular flexibility index (Phi) is 2.87. The first-order valence-electron chi connectivity index (χ1n) is 5.96. The zero-order valence-electron chi connectivity index (χ0n) is 10.4. The molecular formula is C14H20OS. The van der Waals surface area contributed by atoms with E-state index in [1.54, 1.807) is 0 Å². The summed E-state index contributed by atoms with van der Waals surface area (Å²) in [5, 5.41) is 9.76. The average Bonchev–Trinajstić information content (AvgIpc) is 2.53. The fraction of sp³-hybridized carbons (Fsp3) is 0.571. The van der Waals surface area contributed by atoms with Gasteiger partial charge in [-0.05, 0) is 36.7 Å². The molecule has 0 fully saturated rings. The number of rotatable bonds is 2. The lowest BCUT2D eigenvalue weighted by molar-refractivity contribution is 0.317. The lowest BCUT2D eigenvalue weighted by atomic mass is 9.76. The molecule has 88 valence electrons. The van der Waals surface area contributed by atoms with Gasteiger partial charge in [0.1, 0.15) is 5.76 Å². The Bertz CT molecular complexity index is 426. The minimum atomic E-state index is 0.257. The van der Waals surface area contributed by atoms with Gasteiger partial charge in [-0.15, -0.1) is 11.3 Å². The third kappa shape index (κ3) is 1.91. The maximum atomic E-state index is 9.76. The monoisotopic (exact) mass is 236 g/mol. The van der Waals surface area contributed by atoms with E-state index < -0.39 is 0 Å². The summed E-state index contributed by atoms with van der Waals surface area (Å²) < 4.78 is 0. The van der Waals surface area contributed by atoms with Gasteiger partial charge >= 0.3 is 0 Å². The van der Waals surface area contributed by atoms with Crippen LogP contribution in [0.4, 0.5) is 0 Å². The normalized spacial score (nSPS) is 18.2. The van der Waals surface area contributed by atoms with E-state index in [9.17, 15) is 5.11 Å². The SMILES string of the molecule is C=C(O)c1c(CC)sc2c1CC(C)(C)CC2. The highest BCUT2D eigenvalue weighted by molar-refractivity contribution is 7.12. The number of aliphatic hydroxyl groups excluding tert-OH is 1. The fourth-order valence-corrected chi connectivity index (χ4v) is 3.85. The quantitative estimate of drug-likeness (QED) is 0.757. The van der Waals surface area contributed by atoms with Crippen LogP contribution >= 0.6 is 11.3 Å². The lowest BCUT2D eigenvalue weighted by Crippen LogP contribution is -2.21. The molecule has 0 unspecified atom stereocenters. The molecule has 0 aromatic carbocycles. The second-order valence-electron chi connectivity index (χ2n) is 5.44. The van der Waals surface area contributed by atoms with E-state index in [0.717, 1.165) is 24.8 Å². The topological polar surface area (TPSA) is 20.2 Å². The van der Waals surface area contributed by atoms with Gasteiger partial charge in [-0.2, -0.15) is 0 Å². The van der Waals surface area contributed by atoms with Crippen molar-refractivity contribution >= 4 is 17.1 Å². The fourth-order valence-electron chi connectivity index (χ4n) is 2.56. The van der Waals surface area contributed by atoms with Crippen molar-refractivity contribution in [1.29, 1.82) is 0 Å². The maximum Gasteiger partial charge on any atom is 0.117 e. The molecule has 2 rings (SSSR count). The van der Waals surface area contributed by atoms with E-state index in [4.69, 9.17) is 0 Å². The van der Waals surface area contributed by atoms with Crippen LogP contribution in [-0.4, -0.2) is 5.11 Å². The number of hydrogen-bond donors (Lipinski definition) is 1. The minimum absolute atomic E-state index is 0.257. The van der Waals surface area contributed by atoms with Gasteiger partial charge in [-0.3, -0.25) is 0 Å². The molecule has 0 atom stereocenters. The van der Waals surface area contributed by atoms with Gasteiger partial charge in [0.25, 0.3) is 0 Å². The molecule has 0 aliphatic heterocycles. The molecule has 0 saturated carbocycles. The molecule has 2 heteroatoms. The van der Waals surface area contributed by atoms with Crippen LogP contribution < -0.4 is 0 Å². The van der Waals surface area contributed by atoms with E-state index in [1.165, 1.54) is 21.7 Å². The Morgan fingerprint density at radius 2 is 2.19 bits per heavy atom. The molecular weight excluding hydrogens is 216 g/mol. The molecule has 1 aliphatic carbocycles. The molecule has 0 bridgehead atoms. The molecule has 1 nitrogen and oxygen atoms in total. The van der Waals surface area contributed by atoms with Gasteiger partial charge in [0, 0.05) is 15.3 Å². The average molecular weight is 236 g/mol. The summed E-state index contributed by atoms with van der Waals surface area (Å²) >= 11 is 1.87. The Balaban J connectivity index is 2.52. The second kappa shape index (κ2) is 3.92. The zero-order valence-corrected chi connectivity index (χ0v) is 11.2. The Hall–Kier alpha value is -0.760. The zero-order chi connectivity index (χ0) is 11.9. The smallest absolute Gasteiger partial charge is 0.117 e. The highest BCUT2D eigenvalue weighted by Gasteiger charge is 2.30. The summed E-state index contributed by atoms with van der Waals surface area (Å²) in [4.78, 5) is 2.77. The summed E-state index contributed by atoms with van der Waals surface area (Å²) in [5.41, 5.74) is 2.78. The molecule has 0 saturated heterocycles. The van der Waals surface area contributed by atoms with E-state index in [0.29, 0.717) is 5.41 Å². The molecule has 1 heterocycles.